The zero-order valence-electron chi connectivity index (χ0n) is 11.7. The summed E-state index contributed by atoms with van der Waals surface area (Å²) in [6.07, 6.45) is 0. The number of hydrogen-bond acceptors (Lipinski definition) is 3. The highest BCUT2D eigenvalue weighted by atomic mass is 35.5. The largest absolute Gasteiger partial charge is 0.492 e. The summed E-state index contributed by atoms with van der Waals surface area (Å²) >= 11 is 7.13. The molecule has 2 rings (SSSR count). The van der Waals surface area contributed by atoms with Gasteiger partial charge in [-0.2, -0.15) is 0 Å². The Morgan fingerprint density at radius 1 is 1.14 bits per heavy atom. The Hall–Kier alpha value is -1.72. The molecule has 0 unspecified atom stereocenters. The van der Waals surface area contributed by atoms with E-state index in [9.17, 15) is 9.18 Å². The van der Waals surface area contributed by atoms with Gasteiger partial charge in [0, 0.05) is 9.92 Å². The van der Waals surface area contributed by atoms with Crippen LogP contribution in [0.4, 0.5) is 4.39 Å². The summed E-state index contributed by atoms with van der Waals surface area (Å²) in [4.78, 5) is 12.5. The summed E-state index contributed by atoms with van der Waals surface area (Å²) in [5.74, 6) is 0.619. The molecule has 0 atom stereocenters. The number of halogens is 2. The normalized spacial score (nSPS) is 10.3. The summed E-state index contributed by atoms with van der Waals surface area (Å²) in [7, 11) is 0. The lowest BCUT2D eigenvalue weighted by molar-refractivity contribution is -0.118. The van der Waals surface area contributed by atoms with Crippen molar-refractivity contribution in [3.63, 3.8) is 0 Å². The Morgan fingerprint density at radius 3 is 2.50 bits per heavy atom. The monoisotopic (exact) mass is 339 g/mol. The van der Waals surface area contributed by atoms with Crippen LogP contribution in [0.1, 0.15) is 0 Å². The van der Waals surface area contributed by atoms with E-state index in [1.54, 1.807) is 36.4 Å². The Morgan fingerprint density at radius 2 is 1.82 bits per heavy atom. The van der Waals surface area contributed by atoms with Crippen LogP contribution >= 0.6 is 23.4 Å². The second kappa shape index (κ2) is 8.66. The number of ether oxygens (including phenoxy) is 1. The highest BCUT2D eigenvalue weighted by molar-refractivity contribution is 8.00. The molecular weight excluding hydrogens is 325 g/mol. The molecule has 0 saturated heterocycles. The van der Waals surface area contributed by atoms with Crippen LogP contribution < -0.4 is 10.1 Å². The number of nitrogens with one attached hydrogen (secondary N) is 1. The van der Waals surface area contributed by atoms with Crippen molar-refractivity contribution in [3.05, 3.63) is 59.4 Å². The summed E-state index contributed by atoms with van der Waals surface area (Å²) in [5.41, 5.74) is 0. The summed E-state index contributed by atoms with van der Waals surface area (Å²) < 4.78 is 18.2. The van der Waals surface area contributed by atoms with Crippen LogP contribution in [0.2, 0.25) is 5.02 Å². The number of thioether (sulfide) groups is 1. The molecule has 1 amide bonds. The summed E-state index contributed by atoms with van der Waals surface area (Å²) in [6, 6.07) is 13.1. The third-order valence-corrected chi connectivity index (χ3v) is 3.95. The van der Waals surface area contributed by atoms with Crippen molar-refractivity contribution in [2.75, 3.05) is 18.9 Å². The van der Waals surface area contributed by atoms with E-state index in [4.69, 9.17) is 16.3 Å². The SMILES string of the molecule is O=C(CSc1ccc(F)cc1)NCCOc1ccc(Cl)cc1. The van der Waals surface area contributed by atoms with Crippen LogP contribution in [0.15, 0.2) is 53.4 Å². The fraction of sp³-hybridized carbons (Fsp3) is 0.188. The Labute approximate surface area is 137 Å². The van der Waals surface area contributed by atoms with Crippen LogP contribution in [-0.4, -0.2) is 24.8 Å². The van der Waals surface area contributed by atoms with E-state index in [1.807, 2.05) is 0 Å². The predicted octanol–water partition coefficient (Wildman–Crippen LogP) is 3.77. The molecule has 3 nitrogen and oxygen atoms in total. The van der Waals surface area contributed by atoms with Crippen molar-refractivity contribution in [1.29, 1.82) is 0 Å². The van der Waals surface area contributed by atoms with E-state index in [1.165, 1.54) is 23.9 Å². The molecule has 0 aliphatic carbocycles. The number of benzene rings is 2. The van der Waals surface area contributed by atoms with E-state index in [2.05, 4.69) is 5.32 Å². The minimum atomic E-state index is -0.284. The molecule has 2 aromatic rings. The molecule has 0 radical (unpaired) electrons. The molecule has 6 heteroatoms. The molecule has 0 saturated carbocycles. The Kier molecular flexibility index (Phi) is 6.55. The predicted molar refractivity (Wildman–Crippen MR) is 87.1 cm³/mol. The van der Waals surface area contributed by atoms with Crippen LogP contribution in [0.5, 0.6) is 5.75 Å². The van der Waals surface area contributed by atoms with Gasteiger partial charge in [0.1, 0.15) is 18.2 Å². The van der Waals surface area contributed by atoms with Gasteiger partial charge in [0.15, 0.2) is 0 Å². The summed E-state index contributed by atoms with van der Waals surface area (Å²) in [6.45, 7) is 0.806. The number of carbonyl (C=O) groups is 1. The second-order valence-electron chi connectivity index (χ2n) is 4.39. The minimum Gasteiger partial charge on any atom is -0.492 e. The van der Waals surface area contributed by atoms with Gasteiger partial charge in [0.25, 0.3) is 0 Å². The molecule has 0 spiro atoms. The van der Waals surface area contributed by atoms with E-state index in [0.717, 1.165) is 4.90 Å². The molecule has 0 fully saturated rings. The molecule has 0 bridgehead atoms. The van der Waals surface area contributed by atoms with Gasteiger partial charge in [0.05, 0.1) is 12.3 Å². The summed E-state index contributed by atoms with van der Waals surface area (Å²) in [5, 5.41) is 3.41. The fourth-order valence-electron chi connectivity index (χ4n) is 1.62. The minimum absolute atomic E-state index is 0.0889. The van der Waals surface area contributed by atoms with Crippen molar-refractivity contribution in [3.8, 4) is 5.75 Å². The van der Waals surface area contributed by atoms with Crippen molar-refractivity contribution >= 4 is 29.3 Å². The van der Waals surface area contributed by atoms with Crippen molar-refractivity contribution < 1.29 is 13.9 Å². The topological polar surface area (TPSA) is 38.3 Å². The molecule has 1 N–H and O–H groups in total. The van der Waals surface area contributed by atoms with Crippen molar-refractivity contribution in [2.24, 2.45) is 0 Å². The Balaban J connectivity index is 1.61. The van der Waals surface area contributed by atoms with E-state index < -0.39 is 0 Å². The zero-order valence-corrected chi connectivity index (χ0v) is 13.3. The highest BCUT2D eigenvalue weighted by Crippen LogP contribution is 2.17. The number of amides is 1. The number of rotatable bonds is 7. The maximum atomic E-state index is 12.7. The van der Waals surface area contributed by atoms with Crippen LogP contribution in [0.25, 0.3) is 0 Å². The Bertz CT molecular complexity index is 605. The van der Waals surface area contributed by atoms with Crippen LogP contribution in [-0.2, 0) is 4.79 Å². The van der Waals surface area contributed by atoms with Gasteiger partial charge >= 0.3 is 0 Å². The molecule has 2 aromatic carbocycles. The second-order valence-corrected chi connectivity index (χ2v) is 5.88. The lowest BCUT2D eigenvalue weighted by Gasteiger charge is -2.08. The van der Waals surface area contributed by atoms with Gasteiger partial charge in [-0.05, 0) is 48.5 Å². The van der Waals surface area contributed by atoms with Crippen LogP contribution in [0.3, 0.4) is 0 Å². The van der Waals surface area contributed by atoms with Crippen LogP contribution in [0, 0.1) is 5.82 Å². The molecular formula is C16H15ClFNO2S. The molecule has 0 heterocycles. The van der Waals surface area contributed by atoms with Gasteiger partial charge < -0.3 is 10.1 Å². The van der Waals surface area contributed by atoms with Gasteiger partial charge in [-0.15, -0.1) is 11.8 Å². The lowest BCUT2D eigenvalue weighted by Crippen LogP contribution is -2.29. The first-order valence-corrected chi connectivity index (χ1v) is 8.03. The molecule has 0 aliphatic heterocycles. The first-order valence-electron chi connectivity index (χ1n) is 6.67. The molecule has 0 aliphatic rings. The standard InChI is InChI=1S/C16H15ClFNO2S/c17-12-1-5-14(6-2-12)21-10-9-19-16(20)11-22-15-7-3-13(18)4-8-15/h1-8H,9-11H2,(H,19,20). The number of hydrogen-bond donors (Lipinski definition) is 1. The van der Waals surface area contributed by atoms with E-state index >= 15 is 0 Å². The molecule has 22 heavy (non-hydrogen) atoms. The quantitative estimate of drug-likeness (QED) is 0.616. The fourth-order valence-corrected chi connectivity index (χ4v) is 2.48. The maximum absolute atomic E-state index is 12.7. The lowest BCUT2D eigenvalue weighted by atomic mass is 10.3. The smallest absolute Gasteiger partial charge is 0.230 e. The zero-order chi connectivity index (χ0) is 15.8. The first kappa shape index (κ1) is 16.6. The highest BCUT2D eigenvalue weighted by Gasteiger charge is 2.03. The van der Waals surface area contributed by atoms with E-state index in [0.29, 0.717) is 23.9 Å². The van der Waals surface area contributed by atoms with Gasteiger partial charge in [-0.1, -0.05) is 11.6 Å². The average molecular weight is 340 g/mol. The van der Waals surface area contributed by atoms with Crippen molar-refractivity contribution in [1.82, 2.24) is 5.32 Å². The van der Waals surface area contributed by atoms with E-state index in [-0.39, 0.29) is 17.5 Å². The molecule has 0 aromatic heterocycles. The number of carbonyl (C=O) groups excluding carboxylic acids is 1. The maximum Gasteiger partial charge on any atom is 0.230 e. The van der Waals surface area contributed by atoms with Gasteiger partial charge in [-0.3, -0.25) is 4.79 Å². The first-order chi connectivity index (χ1) is 10.6. The van der Waals surface area contributed by atoms with Gasteiger partial charge in [-0.25, -0.2) is 4.39 Å². The van der Waals surface area contributed by atoms with Crippen molar-refractivity contribution in [2.45, 2.75) is 4.90 Å². The average Bonchev–Trinajstić information content (AvgIpc) is 2.53. The van der Waals surface area contributed by atoms with Gasteiger partial charge in [0.2, 0.25) is 5.91 Å². The third-order valence-electron chi connectivity index (χ3n) is 2.69. The third kappa shape index (κ3) is 5.95. The molecule has 116 valence electrons.